The average Bonchev–Trinajstić information content (AvgIpc) is 2.70. The van der Waals surface area contributed by atoms with Crippen LogP contribution in [0.3, 0.4) is 0 Å². The van der Waals surface area contributed by atoms with Crippen molar-refractivity contribution in [2.75, 3.05) is 26.8 Å². The molecule has 0 radical (unpaired) electrons. The van der Waals surface area contributed by atoms with E-state index in [1.165, 1.54) is 0 Å². The zero-order valence-corrected chi connectivity index (χ0v) is 18.0. The molecule has 1 fully saturated rings. The number of carbonyl (C=O) groups is 1. The zero-order chi connectivity index (χ0) is 21.0. The van der Waals surface area contributed by atoms with Crippen molar-refractivity contribution >= 4 is 17.5 Å². The first-order chi connectivity index (χ1) is 13.8. The first kappa shape index (κ1) is 21.6. The van der Waals surface area contributed by atoms with E-state index in [4.69, 9.17) is 21.1 Å². The van der Waals surface area contributed by atoms with E-state index < -0.39 is 5.60 Å². The van der Waals surface area contributed by atoms with E-state index >= 15 is 0 Å². The van der Waals surface area contributed by atoms with Crippen molar-refractivity contribution in [3.63, 3.8) is 0 Å². The third kappa shape index (κ3) is 5.30. The number of nitrogens with zero attached hydrogens (tertiary/aromatic N) is 1. The van der Waals surface area contributed by atoms with Gasteiger partial charge in [0.1, 0.15) is 18.0 Å². The van der Waals surface area contributed by atoms with E-state index in [1.54, 1.807) is 18.1 Å². The van der Waals surface area contributed by atoms with Crippen molar-refractivity contribution in [3.8, 4) is 5.75 Å². The molecule has 2 aromatic rings. The summed E-state index contributed by atoms with van der Waals surface area (Å²) < 4.78 is 11.0. The van der Waals surface area contributed by atoms with Crippen LogP contribution in [0.2, 0.25) is 5.02 Å². The molecule has 1 amide bonds. The number of hydrogen-bond donors (Lipinski definition) is 1. The number of halogens is 1. The van der Waals surface area contributed by atoms with Gasteiger partial charge >= 0.3 is 0 Å². The van der Waals surface area contributed by atoms with E-state index in [2.05, 4.69) is 0 Å². The van der Waals surface area contributed by atoms with Crippen molar-refractivity contribution in [1.29, 1.82) is 0 Å². The molecule has 0 aromatic heterocycles. The second-order valence-electron chi connectivity index (χ2n) is 7.85. The molecule has 3 rings (SSSR count). The number of aliphatic hydroxyl groups is 1. The van der Waals surface area contributed by atoms with E-state index in [0.29, 0.717) is 30.9 Å². The summed E-state index contributed by atoms with van der Waals surface area (Å²) in [5.74, 6) is 0.591. The summed E-state index contributed by atoms with van der Waals surface area (Å²) in [7, 11) is 1.63. The van der Waals surface area contributed by atoms with Crippen LogP contribution >= 0.6 is 11.6 Å². The standard InChI is InChI=1S/C23H28ClNO4/c1-16-10-20(11-17(2)21(16)24)29-15-23(27)8-5-9-25(14-23)22(26)19-7-4-6-18(12-19)13-28-3/h4,6-7,10-12,27H,5,8-9,13-15H2,1-3H3. The molecule has 1 heterocycles. The minimum absolute atomic E-state index is 0.0840. The Morgan fingerprint density at radius 1 is 1.24 bits per heavy atom. The van der Waals surface area contributed by atoms with E-state index in [9.17, 15) is 9.90 Å². The van der Waals surface area contributed by atoms with Gasteiger partial charge in [-0.05, 0) is 67.6 Å². The molecule has 1 aliphatic heterocycles. The predicted octanol–water partition coefficient (Wildman–Crippen LogP) is 4.15. The molecule has 2 aromatic carbocycles. The van der Waals surface area contributed by atoms with Gasteiger partial charge < -0.3 is 19.5 Å². The van der Waals surface area contributed by atoms with Crippen LogP contribution in [0.15, 0.2) is 36.4 Å². The number of amides is 1. The Bertz CT molecular complexity index is 862. The molecular weight excluding hydrogens is 390 g/mol. The molecule has 1 atom stereocenters. The van der Waals surface area contributed by atoms with Crippen molar-refractivity contribution in [2.24, 2.45) is 0 Å². The normalized spacial score (nSPS) is 19.3. The van der Waals surface area contributed by atoms with Crippen LogP contribution in [0, 0.1) is 13.8 Å². The molecule has 0 saturated carbocycles. The van der Waals surface area contributed by atoms with Crippen molar-refractivity contribution in [3.05, 3.63) is 63.7 Å². The highest BCUT2D eigenvalue weighted by molar-refractivity contribution is 6.32. The molecule has 1 unspecified atom stereocenters. The Hall–Kier alpha value is -2.08. The molecule has 0 spiro atoms. The van der Waals surface area contributed by atoms with Crippen molar-refractivity contribution in [2.45, 2.75) is 38.9 Å². The summed E-state index contributed by atoms with van der Waals surface area (Å²) in [6, 6.07) is 11.2. The van der Waals surface area contributed by atoms with Crippen LogP contribution in [-0.4, -0.2) is 48.3 Å². The fourth-order valence-corrected chi connectivity index (χ4v) is 3.86. The predicted molar refractivity (Wildman–Crippen MR) is 114 cm³/mol. The van der Waals surface area contributed by atoms with Gasteiger partial charge in [-0.15, -0.1) is 0 Å². The van der Waals surface area contributed by atoms with Crippen LogP contribution in [0.5, 0.6) is 5.75 Å². The number of likely N-dealkylation sites (tertiary alicyclic amines) is 1. The molecule has 156 valence electrons. The Morgan fingerprint density at radius 2 is 1.97 bits per heavy atom. The number of carbonyl (C=O) groups excluding carboxylic acids is 1. The van der Waals surface area contributed by atoms with Gasteiger partial charge in [0.2, 0.25) is 0 Å². The highest BCUT2D eigenvalue weighted by Crippen LogP contribution is 2.28. The van der Waals surface area contributed by atoms with Gasteiger partial charge in [-0.2, -0.15) is 0 Å². The number of aryl methyl sites for hydroxylation is 2. The minimum Gasteiger partial charge on any atom is -0.491 e. The Kier molecular flexibility index (Phi) is 6.83. The first-order valence-electron chi connectivity index (χ1n) is 9.80. The number of rotatable bonds is 6. The number of hydrogen-bond acceptors (Lipinski definition) is 4. The third-order valence-electron chi connectivity index (χ3n) is 5.24. The molecule has 5 nitrogen and oxygen atoms in total. The smallest absolute Gasteiger partial charge is 0.253 e. The molecule has 29 heavy (non-hydrogen) atoms. The van der Waals surface area contributed by atoms with Crippen molar-refractivity contribution < 1.29 is 19.4 Å². The van der Waals surface area contributed by atoms with Gasteiger partial charge in [0.25, 0.3) is 5.91 Å². The third-order valence-corrected chi connectivity index (χ3v) is 5.84. The monoisotopic (exact) mass is 417 g/mol. The molecule has 6 heteroatoms. The van der Waals surface area contributed by atoms with Crippen LogP contribution < -0.4 is 4.74 Å². The summed E-state index contributed by atoms with van der Waals surface area (Å²) >= 11 is 6.21. The van der Waals surface area contributed by atoms with E-state index in [1.807, 2.05) is 44.2 Å². The number of benzene rings is 2. The molecule has 1 saturated heterocycles. The summed E-state index contributed by atoms with van der Waals surface area (Å²) in [5, 5.41) is 11.8. The van der Waals surface area contributed by atoms with E-state index in [0.717, 1.165) is 28.1 Å². The van der Waals surface area contributed by atoms with Crippen LogP contribution in [0.4, 0.5) is 0 Å². The lowest BCUT2D eigenvalue weighted by molar-refractivity contribution is -0.0532. The fraction of sp³-hybridized carbons (Fsp3) is 0.435. The number of piperidine rings is 1. The van der Waals surface area contributed by atoms with Crippen LogP contribution in [-0.2, 0) is 11.3 Å². The Morgan fingerprint density at radius 3 is 2.66 bits per heavy atom. The van der Waals surface area contributed by atoms with Gasteiger partial charge in [0.05, 0.1) is 13.2 Å². The van der Waals surface area contributed by atoms with Gasteiger partial charge in [0, 0.05) is 24.2 Å². The van der Waals surface area contributed by atoms with Gasteiger partial charge in [0.15, 0.2) is 0 Å². The summed E-state index contributed by atoms with van der Waals surface area (Å²) in [6.45, 7) is 5.30. The Balaban J connectivity index is 1.67. The molecule has 0 aliphatic carbocycles. The quantitative estimate of drug-likeness (QED) is 0.767. The summed E-state index contributed by atoms with van der Waals surface area (Å²) in [6.07, 6.45) is 1.31. The van der Waals surface area contributed by atoms with Gasteiger partial charge in [-0.1, -0.05) is 23.7 Å². The van der Waals surface area contributed by atoms with Crippen LogP contribution in [0.1, 0.15) is 39.9 Å². The van der Waals surface area contributed by atoms with Gasteiger partial charge in [-0.3, -0.25) is 4.79 Å². The number of β-amino-alcohol motifs (C(OH)–C–C–N with tert-alkyl or cyclic N) is 1. The largest absolute Gasteiger partial charge is 0.491 e. The highest BCUT2D eigenvalue weighted by atomic mass is 35.5. The maximum Gasteiger partial charge on any atom is 0.253 e. The number of ether oxygens (including phenoxy) is 2. The average molecular weight is 418 g/mol. The Labute approximate surface area is 177 Å². The molecule has 0 bridgehead atoms. The number of methoxy groups -OCH3 is 1. The zero-order valence-electron chi connectivity index (χ0n) is 17.2. The lowest BCUT2D eigenvalue weighted by atomic mass is 9.93. The van der Waals surface area contributed by atoms with Crippen molar-refractivity contribution in [1.82, 2.24) is 4.90 Å². The second kappa shape index (κ2) is 9.16. The topological polar surface area (TPSA) is 59.0 Å². The maximum atomic E-state index is 13.0. The molecular formula is C23H28ClNO4. The lowest BCUT2D eigenvalue weighted by Crippen LogP contribution is -2.53. The molecule has 1 aliphatic rings. The lowest BCUT2D eigenvalue weighted by Gasteiger charge is -2.39. The van der Waals surface area contributed by atoms with E-state index in [-0.39, 0.29) is 19.1 Å². The van der Waals surface area contributed by atoms with Crippen LogP contribution in [0.25, 0.3) is 0 Å². The van der Waals surface area contributed by atoms with Gasteiger partial charge in [-0.25, -0.2) is 0 Å². The maximum absolute atomic E-state index is 13.0. The first-order valence-corrected chi connectivity index (χ1v) is 10.2. The summed E-state index contributed by atoms with van der Waals surface area (Å²) in [4.78, 5) is 14.7. The minimum atomic E-state index is -1.08. The fourth-order valence-electron chi connectivity index (χ4n) is 3.75. The SMILES string of the molecule is COCc1cccc(C(=O)N2CCCC(O)(COc3cc(C)c(Cl)c(C)c3)C2)c1. The highest BCUT2D eigenvalue weighted by Gasteiger charge is 2.36. The molecule has 1 N–H and O–H groups in total. The second-order valence-corrected chi connectivity index (χ2v) is 8.23. The summed E-state index contributed by atoms with van der Waals surface area (Å²) in [5.41, 5.74) is 2.34.